The first kappa shape index (κ1) is 13.9. The summed E-state index contributed by atoms with van der Waals surface area (Å²) in [6.45, 7) is 0. The Morgan fingerprint density at radius 2 is 1.89 bits per heavy atom. The van der Waals surface area contributed by atoms with Gasteiger partial charge in [0.15, 0.2) is 5.11 Å². The standard InChI is InChI=1S/C13H16Cl2N2S/c14-9-6-7-11(15)12(8-9)17-13(18)16-10-4-2-1-3-5-10/h6-8,10H,1-5H2,(H2,16,17,18). The van der Waals surface area contributed by atoms with Crippen molar-refractivity contribution in [2.45, 2.75) is 38.1 Å². The van der Waals surface area contributed by atoms with Gasteiger partial charge in [-0.25, -0.2) is 0 Å². The molecule has 0 bridgehead atoms. The lowest BCUT2D eigenvalue weighted by molar-refractivity contribution is 0.415. The molecule has 98 valence electrons. The van der Waals surface area contributed by atoms with Crippen molar-refractivity contribution < 1.29 is 0 Å². The van der Waals surface area contributed by atoms with E-state index < -0.39 is 0 Å². The van der Waals surface area contributed by atoms with Gasteiger partial charge in [0.1, 0.15) is 0 Å². The van der Waals surface area contributed by atoms with Crippen LogP contribution < -0.4 is 10.6 Å². The zero-order chi connectivity index (χ0) is 13.0. The van der Waals surface area contributed by atoms with Gasteiger partial charge in [-0.2, -0.15) is 0 Å². The van der Waals surface area contributed by atoms with Gasteiger partial charge in [-0.3, -0.25) is 0 Å². The van der Waals surface area contributed by atoms with E-state index in [1.54, 1.807) is 18.2 Å². The monoisotopic (exact) mass is 302 g/mol. The zero-order valence-corrected chi connectivity index (χ0v) is 12.3. The number of hydrogen-bond donors (Lipinski definition) is 2. The van der Waals surface area contributed by atoms with Crippen LogP contribution in [0.2, 0.25) is 10.0 Å². The predicted molar refractivity (Wildman–Crippen MR) is 82.7 cm³/mol. The Bertz CT molecular complexity index is 431. The molecule has 0 heterocycles. The van der Waals surface area contributed by atoms with E-state index in [0.717, 1.165) is 5.69 Å². The van der Waals surface area contributed by atoms with Crippen molar-refractivity contribution >= 4 is 46.2 Å². The van der Waals surface area contributed by atoms with Gasteiger partial charge in [-0.1, -0.05) is 42.5 Å². The van der Waals surface area contributed by atoms with Crippen LogP contribution in [0.3, 0.4) is 0 Å². The van der Waals surface area contributed by atoms with Crippen LogP contribution >= 0.6 is 35.4 Å². The fourth-order valence-electron chi connectivity index (χ4n) is 2.18. The molecule has 18 heavy (non-hydrogen) atoms. The Labute approximate surface area is 123 Å². The molecule has 2 rings (SSSR count). The maximum atomic E-state index is 6.07. The SMILES string of the molecule is S=C(Nc1cc(Cl)ccc1Cl)NC1CCCCC1. The summed E-state index contributed by atoms with van der Waals surface area (Å²) in [7, 11) is 0. The van der Waals surface area contributed by atoms with Crippen LogP contribution in [0.4, 0.5) is 5.69 Å². The van der Waals surface area contributed by atoms with Gasteiger partial charge in [0.25, 0.3) is 0 Å². The second-order valence-electron chi connectivity index (χ2n) is 4.56. The van der Waals surface area contributed by atoms with Crippen molar-refractivity contribution in [3.63, 3.8) is 0 Å². The van der Waals surface area contributed by atoms with Gasteiger partial charge in [0, 0.05) is 11.1 Å². The van der Waals surface area contributed by atoms with E-state index >= 15 is 0 Å². The minimum Gasteiger partial charge on any atom is -0.360 e. The average molecular weight is 303 g/mol. The Morgan fingerprint density at radius 1 is 1.17 bits per heavy atom. The van der Waals surface area contributed by atoms with E-state index in [-0.39, 0.29) is 0 Å². The van der Waals surface area contributed by atoms with Crippen molar-refractivity contribution in [3.8, 4) is 0 Å². The largest absolute Gasteiger partial charge is 0.360 e. The lowest BCUT2D eigenvalue weighted by Crippen LogP contribution is -2.38. The number of nitrogens with one attached hydrogen (secondary N) is 2. The molecule has 0 spiro atoms. The Hall–Kier alpha value is -0.510. The van der Waals surface area contributed by atoms with Gasteiger partial charge in [-0.05, 0) is 43.3 Å². The minimum absolute atomic E-state index is 0.483. The lowest BCUT2D eigenvalue weighted by Gasteiger charge is -2.24. The highest BCUT2D eigenvalue weighted by atomic mass is 35.5. The maximum Gasteiger partial charge on any atom is 0.171 e. The fraction of sp³-hybridized carbons (Fsp3) is 0.462. The molecule has 1 aliphatic rings. The third-order valence-electron chi connectivity index (χ3n) is 3.12. The van der Waals surface area contributed by atoms with Crippen molar-refractivity contribution in [1.29, 1.82) is 0 Å². The third kappa shape index (κ3) is 4.01. The highest BCUT2D eigenvalue weighted by Crippen LogP contribution is 2.25. The molecule has 0 unspecified atom stereocenters. The summed E-state index contributed by atoms with van der Waals surface area (Å²) in [5.74, 6) is 0. The van der Waals surface area contributed by atoms with Crippen LogP contribution in [-0.4, -0.2) is 11.2 Å². The molecule has 0 amide bonds. The van der Waals surface area contributed by atoms with Crippen molar-refractivity contribution in [3.05, 3.63) is 28.2 Å². The van der Waals surface area contributed by atoms with E-state index in [0.29, 0.717) is 21.2 Å². The maximum absolute atomic E-state index is 6.07. The van der Waals surface area contributed by atoms with E-state index in [4.69, 9.17) is 35.4 Å². The van der Waals surface area contributed by atoms with Crippen molar-refractivity contribution in [2.24, 2.45) is 0 Å². The normalized spacial score (nSPS) is 16.3. The fourth-order valence-corrected chi connectivity index (χ4v) is 2.80. The van der Waals surface area contributed by atoms with Gasteiger partial charge < -0.3 is 10.6 Å². The third-order valence-corrected chi connectivity index (χ3v) is 3.90. The first-order valence-electron chi connectivity index (χ1n) is 6.18. The van der Waals surface area contributed by atoms with Gasteiger partial charge >= 0.3 is 0 Å². The van der Waals surface area contributed by atoms with Gasteiger partial charge in [0.2, 0.25) is 0 Å². The Morgan fingerprint density at radius 3 is 2.61 bits per heavy atom. The van der Waals surface area contributed by atoms with Crippen molar-refractivity contribution in [1.82, 2.24) is 5.32 Å². The number of benzene rings is 1. The van der Waals surface area contributed by atoms with Crippen LogP contribution in [0.5, 0.6) is 0 Å². The molecule has 1 fully saturated rings. The first-order chi connectivity index (χ1) is 8.65. The van der Waals surface area contributed by atoms with E-state index in [1.165, 1.54) is 32.1 Å². The van der Waals surface area contributed by atoms with Crippen LogP contribution in [0, 0.1) is 0 Å². The van der Waals surface area contributed by atoms with Gasteiger partial charge in [-0.15, -0.1) is 0 Å². The lowest BCUT2D eigenvalue weighted by atomic mass is 9.96. The van der Waals surface area contributed by atoms with Crippen LogP contribution in [0.15, 0.2) is 18.2 Å². The number of hydrogen-bond acceptors (Lipinski definition) is 1. The smallest absolute Gasteiger partial charge is 0.171 e. The van der Waals surface area contributed by atoms with Crippen LogP contribution in [0.1, 0.15) is 32.1 Å². The summed E-state index contributed by atoms with van der Waals surface area (Å²) in [5.41, 5.74) is 0.748. The second kappa shape index (κ2) is 6.60. The molecule has 1 saturated carbocycles. The predicted octanol–water partition coefficient (Wildman–Crippen LogP) is 4.61. The number of anilines is 1. The summed E-state index contributed by atoms with van der Waals surface area (Å²) < 4.78 is 0. The van der Waals surface area contributed by atoms with E-state index in [1.807, 2.05) is 0 Å². The highest BCUT2D eigenvalue weighted by molar-refractivity contribution is 7.80. The second-order valence-corrected chi connectivity index (χ2v) is 5.81. The van der Waals surface area contributed by atoms with E-state index in [2.05, 4.69) is 10.6 Å². The molecule has 0 aromatic heterocycles. The summed E-state index contributed by atoms with van der Waals surface area (Å²) >= 11 is 17.3. The van der Waals surface area contributed by atoms with Crippen molar-refractivity contribution in [2.75, 3.05) is 5.32 Å². The summed E-state index contributed by atoms with van der Waals surface area (Å²) in [4.78, 5) is 0. The Kier molecular flexibility index (Phi) is 5.10. The summed E-state index contributed by atoms with van der Waals surface area (Å²) in [5, 5.41) is 8.31. The summed E-state index contributed by atoms with van der Waals surface area (Å²) in [6.07, 6.45) is 6.26. The molecule has 0 radical (unpaired) electrons. The number of rotatable bonds is 2. The topological polar surface area (TPSA) is 24.1 Å². The molecular formula is C13H16Cl2N2S. The quantitative estimate of drug-likeness (QED) is 0.780. The van der Waals surface area contributed by atoms with Crippen LogP contribution in [-0.2, 0) is 0 Å². The molecule has 2 N–H and O–H groups in total. The molecule has 2 nitrogen and oxygen atoms in total. The number of halogens is 2. The molecule has 1 aromatic carbocycles. The zero-order valence-electron chi connectivity index (χ0n) is 10.0. The summed E-state index contributed by atoms with van der Waals surface area (Å²) in [6, 6.07) is 5.78. The molecule has 0 saturated heterocycles. The van der Waals surface area contributed by atoms with Crippen LogP contribution in [0.25, 0.3) is 0 Å². The highest BCUT2D eigenvalue weighted by Gasteiger charge is 2.14. The molecule has 0 aliphatic heterocycles. The average Bonchev–Trinajstić information content (AvgIpc) is 2.35. The van der Waals surface area contributed by atoms with E-state index in [9.17, 15) is 0 Å². The Balaban J connectivity index is 1.92. The van der Waals surface area contributed by atoms with Gasteiger partial charge in [0.05, 0.1) is 10.7 Å². The number of thiocarbonyl (C=S) groups is 1. The molecule has 1 aromatic rings. The molecular weight excluding hydrogens is 287 g/mol. The minimum atomic E-state index is 0.483. The molecule has 5 heteroatoms. The molecule has 0 atom stereocenters. The molecule has 1 aliphatic carbocycles. The first-order valence-corrected chi connectivity index (χ1v) is 7.34.